The third-order valence-corrected chi connectivity index (χ3v) is 11.3. The zero-order chi connectivity index (χ0) is 37.5. The predicted octanol–water partition coefficient (Wildman–Crippen LogP) is 13.6. The minimum absolute atomic E-state index is 0.604. The average Bonchev–Trinajstić information content (AvgIpc) is 3.67. The fourth-order valence-electron chi connectivity index (χ4n) is 8.57. The van der Waals surface area contributed by atoms with Crippen LogP contribution in [0.15, 0.2) is 186 Å². The lowest BCUT2D eigenvalue weighted by atomic mass is 9.90. The molecule has 0 saturated carbocycles. The molecule has 0 aliphatic heterocycles. The minimum Gasteiger partial charge on any atom is -0.438 e. The van der Waals surface area contributed by atoms with Crippen LogP contribution in [-0.4, -0.2) is 19.9 Å². The van der Waals surface area contributed by atoms with Crippen LogP contribution in [0.4, 0.5) is 0 Å². The van der Waals surface area contributed by atoms with Crippen LogP contribution in [-0.2, 0) is 0 Å². The largest absolute Gasteiger partial charge is 0.438 e. The number of benzene rings is 9. The first-order chi connectivity index (χ1) is 28.2. The summed E-state index contributed by atoms with van der Waals surface area (Å²) in [5, 5.41) is 12.0. The highest BCUT2D eigenvalue weighted by atomic mass is 16.3. The van der Waals surface area contributed by atoms with Gasteiger partial charge in [-0.1, -0.05) is 176 Å². The lowest BCUT2D eigenvalue weighted by Gasteiger charge is -2.14. The van der Waals surface area contributed by atoms with Crippen LogP contribution in [0.3, 0.4) is 0 Å². The van der Waals surface area contributed by atoms with E-state index >= 15 is 0 Å². The van der Waals surface area contributed by atoms with Gasteiger partial charge in [-0.3, -0.25) is 0 Å². The van der Waals surface area contributed by atoms with E-state index < -0.39 is 0 Å². The summed E-state index contributed by atoms with van der Waals surface area (Å²) in [6.45, 7) is 0. The summed E-state index contributed by atoms with van der Waals surface area (Å²) in [7, 11) is 0. The van der Waals surface area contributed by atoms with Gasteiger partial charge in [0.05, 0.1) is 11.1 Å². The average molecular weight is 727 g/mol. The molecule has 0 bridgehead atoms. The normalized spacial score (nSPS) is 11.9. The monoisotopic (exact) mass is 726 g/mol. The highest BCUT2D eigenvalue weighted by Crippen LogP contribution is 2.41. The van der Waals surface area contributed by atoms with Gasteiger partial charge in [0.15, 0.2) is 17.5 Å². The second-order valence-corrected chi connectivity index (χ2v) is 14.6. The fourth-order valence-corrected chi connectivity index (χ4v) is 8.57. The van der Waals surface area contributed by atoms with Crippen LogP contribution in [0.2, 0.25) is 0 Å². The van der Waals surface area contributed by atoms with E-state index in [0.717, 1.165) is 60.6 Å². The molecule has 0 aliphatic carbocycles. The lowest BCUT2D eigenvalue weighted by molar-refractivity contribution is 0.655. The van der Waals surface area contributed by atoms with Crippen molar-refractivity contribution in [2.45, 2.75) is 0 Å². The van der Waals surface area contributed by atoms with Gasteiger partial charge >= 0.3 is 0 Å². The summed E-state index contributed by atoms with van der Waals surface area (Å²) in [6, 6.07) is 63.5. The Hall–Kier alpha value is -7.76. The smallest absolute Gasteiger partial charge is 0.228 e. The van der Waals surface area contributed by atoms with Crippen LogP contribution < -0.4 is 0 Å². The van der Waals surface area contributed by atoms with Crippen molar-refractivity contribution in [3.8, 4) is 56.5 Å². The molecule has 0 radical (unpaired) electrons. The predicted molar refractivity (Wildman–Crippen MR) is 233 cm³/mol. The summed E-state index contributed by atoms with van der Waals surface area (Å²) in [5.74, 6) is 1.85. The van der Waals surface area contributed by atoms with E-state index in [1.165, 1.54) is 37.9 Å². The molecule has 0 amide bonds. The van der Waals surface area contributed by atoms with Crippen molar-refractivity contribution in [1.82, 2.24) is 19.9 Å². The number of furan rings is 1. The first kappa shape index (κ1) is 31.6. The van der Waals surface area contributed by atoms with Gasteiger partial charge in [-0.25, -0.2) is 19.9 Å². The van der Waals surface area contributed by atoms with E-state index in [9.17, 15) is 0 Å². The van der Waals surface area contributed by atoms with Gasteiger partial charge in [-0.05, 0) is 54.9 Å². The summed E-state index contributed by atoms with van der Waals surface area (Å²) in [6.07, 6.45) is 0. The Balaban J connectivity index is 0.946. The maximum absolute atomic E-state index is 6.26. The van der Waals surface area contributed by atoms with Gasteiger partial charge in [0.1, 0.15) is 5.58 Å². The second kappa shape index (κ2) is 12.4. The number of pyridine rings is 1. The second-order valence-electron chi connectivity index (χ2n) is 14.6. The third-order valence-electron chi connectivity index (χ3n) is 11.3. The molecule has 12 rings (SSSR count). The van der Waals surface area contributed by atoms with Gasteiger partial charge in [0, 0.05) is 33.0 Å². The highest BCUT2D eigenvalue weighted by Gasteiger charge is 2.18. The van der Waals surface area contributed by atoms with E-state index in [4.69, 9.17) is 24.4 Å². The molecule has 0 unspecified atom stereocenters. The van der Waals surface area contributed by atoms with Crippen molar-refractivity contribution < 1.29 is 4.42 Å². The molecule has 0 saturated heterocycles. The van der Waals surface area contributed by atoms with Crippen molar-refractivity contribution >= 4 is 65.2 Å². The molecule has 0 fully saturated rings. The molecule has 3 aromatic heterocycles. The summed E-state index contributed by atoms with van der Waals surface area (Å²) < 4.78 is 6.26. The number of para-hydroxylation sites is 1. The Morgan fingerprint density at radius 2 is 0.825 bits per heavy atom. The molecule has 3 heterocycles. The Labute approximate surface area is 326 Å². The van der Waals surface area contributed by atoms with Crippen molar-refractivity contribution in [2.24, 2.45) is 0 Å². The number of nitrogens with zero attached hydrogens (tertiary/aromatic N) is 4. The van der Waals surface area contributed by atoms with Crippen molar-refractivity contribution in [2.75, 3.05) is 0 Å². The van der Waals surface area contributed by atoms with Gasteiger partial charge < -0.3 is 4.42 Å². The molecule has 0 aliphatic rings. The third kappa shape index (κ3) is 5.03. The maximum atomic E-state index is 6.26. The molecule has 0 N–H and O–H groups in total. The first-order valence-electron chi connectivity index (χ1n) is 19.1. The van der Waals surface area contributed by atoms with Gasteiger partial charge in [-0.15, -0.1) is 0 Å². The molecule has 57 heavy (non-hydrogen) atoms. The Bertz CT molecular complexity index is 3480. The molecule has 12 aromatic rings. The SMILES string of the molecule is c1ccc(-c2nc(-c3ccc(-c4nc5oc6ccccc6c5c5ccccc45)cc3)nc(-c3ccc(-c4ccc5ccc6cccc7ccc4c5c67)cc3)n2)cc1. The number of rotatable bonds is 5. The molecule has 5 nitrogen and oxygen atoms in total. The Morgan fingerprint density at radius 1 is 0.298 bits per heavy atom. The molecule has 0 atom stereocenters. The molecule has 9 aromatic carbocycles. The Morgan fingerprint density at radius 3 is 1.53 bits per heavy atom. The molecule has 0 spiro atoms. The molecular formula is C52H30N4O. The number of aromatic nitrogens is 4. The van der Waals surface area contributed by atoms with Gasteiger partial charge in [0.2, 0.25) is 5.71 Å². The van der Waals surface area contributed by atoms with Crippen LogP contribution >= 0.6 is 0 Å². The van der Waals surface area contributed by atoms with E-state index in [2.05, 4.69) is 133 Å². The van der Waals surface area contributed by atoms with Crippen molar-refractivity contribution in [1.29, 1.82) is 0 Å². The first-order valence-corrected chi connectivity index (χ1v) is 19.1. The van der Waals surface area contributed by atoms with E-state index in [0.29, 0.717) is 23.2 Å². The van der Waals surface area contributed by atoms with E-state index in [-0.39, 0.29) is 0 Å². The van der Waals surface area contributed by atoms with Crippen LogP contribution in [0.25, 0.3) is 122 Å². The number of hydrogen-bond donors (Lipinski definition) is 0. The van der Waals surface area contributed by atoms with Crippen LogP contribution in [0.5, 0.6) is 0 Å². The standard InChI is InChI=1S/C52H30N4O/c1-2-9-36(10-3-1)49-54-50(37-23-17-31(18-24-37)39-29-27-34-20-19-32-11-8-12-33-28-30-41(39)46(34)45(32)33)56-51(55-49)38-25-21-35(22-26-38)48-42-14-5-4-13-40(42)47-43-15-6-7-16-44(43)57-52(47)53-48/h1-30H. The highest BCUT2D eigenvalue weighted by molar-refractivity contribution is 6.25. The number of hydrogen-bond acceptors (Lipinski definition) is 5. The summed E-state index contributed by atoms with van der Waals surface area (Å²) >= 11 is 0. The van der Waals surface area contributed by atoms with Crippen molar-refractivity contribution in [3.05, 3.63) is 182 Å². The van der Waals surface area contributed by atoms with Gasteiger partial charge in [-0.2, -0.15) is 0 Å². The van der Waals surface area contributed by atoms with Gasteiger partial charge in [0.25, 0.3) is 0 Å². The maximum Gasteiger partial charge on any atom is 0.228 e. The quantitative estimate of drug-likeness (QED) is 0.165. The van der Waals surface area contributed by atoms with Crippen LogP contribution in [0, 0.1) is 0 Å². The zero-order valence-corrected chi connectivity index (χ0v) is 30.5. The topological polar surface area (TPSA) is 64.7 Å². The van der Waals surface area contributed by atoms with Crippen molar-refractivity contribution in [3.63, 3.8) is 0 Å². The fraction of sp³-hybridized carbons (Fsp3) is 0. The minimum atomic E-state index is 0.604. The Kier molecular flexibility index (Phi) is 6.86. The summed E-state index contributed by atoms with van der Waals surface area (Å²) in [5.41, 5.74) is 8.41. The lowest BCUT2D eigenvalue weighted by Crippen LogP contribution is -2.00. The van der Waals surface area contributed by atoms with E-state index in [1.807, 2.05) is 48.5 Å². The molecule has 264 valence electrons. The molecule has 5 heteroatoms. The van der Waals surface area contributed by atoms with E-state index in [1.54, 1.807) is 0 Å². The molecular weight excluding hydrogens is 697 g/mol. The summed E-state index contributed by atoms with van der Waals surface area (Å²) in [4.78, 5) is 20.2. The zero-order valence-electron chi connectivity index (χ0n) is 30.5. The van der Waals surface area contributed by atoms with Crippen LogP contribution in [0.1, 0.15) is 0 Å². The number of fused-ring (bicyclic) bond motifs is 5.